The highest BCUT2D eigenvalue weighted by molar-refractivity contribution is 7.80. The number of anilines is 2. The summed E-state index contributed by atoms with van der Waals surface area (Å²) in [5.74, 6) is -0.671. The van der Waals surface area contributed by atoms with Gasteiger partial charge in [0.25, 0.3) is 5.91 Å². The Labute approximate surface area is 212 Å². The van der Waals surface area contributed by atoms with E-state index in [2.05, 4.69) is 15.7 Å². The number of thiocarbonyl (C=S) groups is 1. The Bertz CT molecular complexity index is 1200. The van der Waals surface area contributed by atoms with Crippen molar-refractivity contribution in [2.75, 3.05) is 30.8 Å². The second-order valence-electron chi connectivity index (χ2n) is 7.33. The van der Waals surface area contributed by atoms with Gasteiger partial charge in [-0.3, -0.25) is 9.48 Å². The van der Waals surface area contributed by atoms with Crippen LogP contribution in [0, 0.1) is 6.92 Å². The standard InChI is InChI=1S/C23H26ClN5O3S2/c1-5-28(6-2)21(30)19-14(3)18(22(31)32-4)20(34-19)27-23(33)26-16-11-25-29(13-16)12-15-9-7-8-10-17(15)24/h7-11,13H,5-6,12H2,1-4H3,(H2,26,27,33). The molecule has 2 heterocycles. The molecule has 11 heteroatoms. The maximum absolute atomic E-state index is 12.9. The number of thiophene rings is 1. The average Bonchev–Trinajstić information content (AvgIpc) is 3.38. The van der Waals surface area contributed by atoms with E-state index in [1.54, 1.807) is 28.9 Å². The van der Waals surface area contributed by atoms with Crippen molar-refractivity contribution in [1.82, 2.24) is 14.7 Å². The van der Waals surface area contributed by atoms with Gasteiger partial charge < -0.3 is 20.3 Å². The molecule has 0 saturated carbocycles. The van der Waals surface area contributed by atoms with Crippen molar-refractivity contribution in [3.8, 4) is 0 Å². The van der Waals surface area contributed by atoms with Crippen LogP contribution in [0.15, 0.2) is 36.7 Å². The Morgan fingerprint density at radius 1 is 1.24 bits per heavy atom. The van der Waals surface area contributed by atoms with E-state index < -0.39 is 5.97 Å². The third-order valence-corrected chi connectivity index (χ3v) is 6.96. The van der Waals surface area contributed by atoms with Crippen LogP contribution in [-0.2, 0) is 11.3 Å². The molecule has 0 aliphatic heterocycles. The monoisotopic (exact) mass is 519 g/mol. The largest absolute Gasteiger partial charge is 0.465 e. The zero-order valence-electron chi connectivity index (χ0n) is 19.3. The molecule has 3 aromatic rings. The molecule has 0 aliphatic carbocycles. The maximum Gasteiger partial charge on any atom is 0.341 e. The number of nitrogens with one attached hydrogen (secondary N) is 2. The van der Waals surface area contributed by atoms with Gasteiger partial charge in [-0.25, -0.2) is 4.79 Å². The predicted octanol–water partition coefficient (Wildman–Crippen LogP) is 5.03. The highest BCUT2D eigenvalue weighted by atomic mass is 35.5. The van der Waals surface area contributed by atoms with Crippen LogP contribution in [0.4, 0.5) is 10.7 Å². The van der Waals surface area contributed by atoms with Crippen LogP contribution < -0.4 is 10.6 Å². The minimum Gasteiger partial charge on any atom is -0.465 e. The molecule has 3 rings (SSSR count). The zero-order valence-corrected chi connectivity index (χ0v) is 21.7. The Balaban J connectivity index is 1.77. The van der Waals surface area contributed by atoms with Crippen molar-refractivity contribution in [2.45, 2.75) is 27.3 Å². The van der Waals surface area contributed by atoms with E-state index in [0.717, 1.165) is 5.56 Å². The molecule has 2 N–H and O–H groups in total. The lowest BCUT2D eigenvalue weighted by Crippen LogP contribution is -2.30. The zero-order chi connectivity index (χ0) is 24.8. The van der Waals surface area contributed by atoms with E-state index in [9.17, 15) is 9.59 Å². The van der Waals surface area contributed by atoms with Crippen LogP contribution in [-0.4, -0.2) is 51.9 Å². The number of methoxy groups -OCH3 is 1. The number of aromatic nitrogens is 2. The fraction of sp³-hybridized carbons (Fsp3) is 0.304. The van der Waals surface area contributed by atoms with E-state index in [1.807, 2.05) is 38.1 Å². The highest BCUT2D eigenvalue weighted by Crippen LogP contribution is 2.34. The number of hydrogen-bond acceptors (Lipinski definition) is 6. The van der Waals surface area contributed by atoms with Gasteiger partial charge in [-0.05, 0) is 50.2 Å². The van der Waals surface area contributed by atoms with E-state index in [0.29, 0.717) is 51.3 Å². The summed E-state index contributed by atoms with van der Waals surface area (Å²) in [6, 6.07) is 7.57. The molecule has 0 fully saturated rings. The topological polar surface area (TPSA) is 88.5 Å². The van der Waals surface area contributed by atoms with Gasteiger partial charge in [0.05, 0.1) is 36.0 Å². The van der Waals surface area contributed by atoms with Crippen LogP contribution in [0.2, 0.25) is 5.02 Å². The summed E-state index contributed by atoms with van der Waals surface area (Å²) >= 11 is 12.9. The summed E-state index contributed by atoms with van der Waals surface area (Å²) in [6.07, 6.45) is 3.44. The number of ether oxygens (including phenoxy) is 1. The molecular weight excluding hydrogens is 494 g/mol. The third-order valence-electron chi connectivity index (χ3n) is 5.19. The molecular formula is C23H26ClN5O3S2. The smallest absolute Gasteiger partial charge is 0.341 e. The van der Waals surface area contributed by atoms with Crippen molar-refractivity contribution < 1.29 is 14.3 Å². The number of benzene rings is 1. The van der Waals surface area contributed by atoms with Crippen molar-refractivity contribution in [3.63, 3.8) is 0 Å². The highest BCUT2D eigenvalue weighted by Gasteiger charge is 2.27. The molecule has 180 valence electrons. The molecule has 0 bridgehead atoms. The van der Waals surface area contributed by atoms with Gasteiger partial charge in [-0.1, -0.05) is 29.8 Å². The molecule has 2 aromatic heterocycles. The summed E-state index contributed by atoms with van der Waals surface area (Å²) in [7, 11) is 1.30. The normalized spacial score (nSPS) is 10.6. The number of carbonyl (C=O) groups excluding carboxylic acids is 2. The Morgan fingerprint density at radius 3 is 2.59 bits per heavy atom. The van der Waals surface area contributed by atoms with Crippen LogP contribution in [0.3, 0.4) is 0 Å². The number of nitrogens with zero attached hydrogens (tertiary/aromatic N) is 3. The summed E-state index contributed by atoms with van der Waals surface area (Å²) in [5.41, 5.74) is 2.46. The lowest BCUT2D eigenvalue weighted by Gasteiger charge is -2.17. The average molecular weight is 520 g/mol. The first-order valence-corrected chi connectivity index (χ1v) is 12.2. The summed E-state index contributed by atoms with van der Waals surface area (Å²) in [6.45, 7) is 7.21. The Kier molecular flexibility index (Phi) is 8.65. The second-order valence-corrected chi connectivity index (χ2v) is 9.16. The molecule has 0 atom stereocenters. The first-order chi connectivity index (χ1) is 16.3. The van der Waals surface area contributed by atoms with Crippen LogP contribution in [0.25, 0.3) is 0 Å². The van der Waals surface area contributed by atoms with Gasteiger partial charge in [0.15, 0.2) is 5.11 Å². The van der Waals surface area contributed by atoms with Gasteiger partial charge in [-0.2, -0.15) is 5.10 Å². The molecule has 0 saturated heterocycles. The van der Waals surface area contributed by atoms with E-state index in [1.165, 1.54) is 18.4 Å². The van der Waals surface area contributed by atoms with Gasteiger partial charge in [0.1, 0.15) is 5.00 Å². The summed E-state index contributed by atoms with van der Waals surface area (Å²) < 4.78 is 6.69. The minimum atomic E-state index is -0.537. The van der Waals surface area contributed by atoms with Crippen LogP contribution in [0.1, 0.15) is 45.0 Å². The SMILES string of the molecule is CCN(CC)C(=O)c1sc(NC(=S)Nc2cnn(Cc3ccccc3Cl)c2)c(C(=O)OC)c1C. The first-order valence-electron chi connectivity index (χ1n) is 10.6. The molecule has 0 aliphatic rings. The van der Waals surface area contributed by atoms with Gasteiger partial charge in [-0.15, -0.1) is 11.3 Å². The van der Waals surface area contributed by atoms with Crippen molar-refractivity contribution in [1.29, 1.82) is 0 Å². The number of hydrogen-bond donors (Lipinski definition) is 2. The fourth-order valence-electron chi connectivity index (χ4n) is 3.39. The summed E-state index contributed by atoms with van der Waals surface area (Å²) in [5, 5.41) is 11.8. The molecule has 34 heavy (non-hydrogen) atoms. The number of halogens is 1. The van der Waals surface area contributed by atoms with Crippen molar-refractivity contribution in [2.24, 2.45) is 0 Å². The van der Waals surface area contributed by atoms with Gasteiger partial charge in [0, 0.05) is 24.3 Å². The lowest BCUT2D eigenvalue weighted by molar-refractivity contribution is 0.0601. The second kappa shape index (κ2) is 11.5. The predicted molar refractivity (Wildman–Crippen MR) is 140 cm³/mol. The molecule has 8 nitrogen and oxygen atoms in total. The lowest BCUT2D eigenvalue weighted by atomic mass is 10.1. The maximum atomic E-state index is 12.9. The molecule has 1 aromatic carbocycles. The molecule has 0 radical (unpaired) electrons. The third kappa shape index (κ3) is 5.75. The summed E-state index contributed by atoms with van der Waals surface area (Å²) in [4.78, 5) is 27.6. The first kappa shape index (κ1) is 25.7. The van der Waals surface area contributed by atoms with Crippen molar-refractivity contribution >= 4 is 62.8 Å². The number of esters is 1. The number of amides is 1. The Hall–Kier alpha value is -2.95. The van der Waals surface area contributed by atoms with Gasteiger partial charge >= 0.3 is 5.97 Å². The van der Waals surface area contributed by atoms with E-state index in [4.69, 9.17) is 28.6 Å². The van der Waals surface area contributed by atoms with Crippen LogP contribution >= 0.6 is 35.2 Å². The quantitative estimate of drug-likeness (QED) is 0.318. The number of rotatable bonds is 8. The number of carbonyl (C=O) groups is 2. The van der Waals surface area contributed by atoms with E-state index in [-0.39, 0.29) is 11.0 Å². The molecule has 1 amide bonds. The molecule has 0 unspecified atom stereocenters. The Morgan fingerprint density at radius 2 is 1.94 bits per heavy atom. The fourth-order valence-corrected chi connectivity index (χ4v) is 5.04. The van der Waals surface area contributed by atoms with E-state index >= 15 is 0 Å². The van der Waals surface area contributed by atoms with Crippen LogP contribution in [0.5, 0.6) is 0 Å². The van der Waals surface area contributed by atoms with Crippen molar-refractivity contribution in [3.05, 3.63) is 63.2 Å². The molecule has 0 spiro atoms. The van der Waals surface area contributed by atoms with Gasteiger partial charge in [0.2, 0.25) is 0 Å². The minimum absolute atomic E-state index is 0.134.